The van der Waals surface area contributed by atoms with Crippen molar-refractivity contribution in [3.05, 3.63) is 17.0 Å². The summed E-state index contributed by atoms with van der Waals surface area (Å²) < 4.78 is 6.83. The first-order valence-corrected chi connectivity index (χ1v) is 5.21. The first-order valence-electron chi connectivity index (χ1n) is 5.21. The van der Waals surface area contributed by atoms with Gasteiger partial charge in [-0.15, -0.1) is 0 Å². The summed E-state index contributed by atoms with van der Waals surface area (Å²) in [5, 5.41) is 4.25. The largest absolute Gasteiger partial charge is 0.465 e. The van der Waals surface area contributed by atoms with E-state index in [-0.39, 0.29) is 5.97 Å². The van der Waals surface area contributed by atoms with Crippen LogP contribution in [-0.4, -0.2) is 22.4 Å². The van der Waals surface area contributed by atoms with Crippen LogP contribution in [-0.2, 0) is 23.0 Å². The lowest BCUT2D eigenvalue weighted by Crippen LogP contribution is -2.09. The predicted molar refractivity (Wildman–Crippen MR) is 57.6 cm³/mol. The second kappa shape index (κ2) is 4.96. The molecule has 0 aliphatic heterocycles. The van der Waals surface area contributed by atoms with Crippen LogP contribution in [0.4, 0.5) is 0 Å². The third kappa shape index (κ3) is 2.81. The number of hydrogen-bond acceptors (Lipinski definition) is 3. The number of carbonyl (C=O) groups is 1. The molecule has 0 amide bonds. The van der Waals surface area contributed by atoms with E-state index in [9.17, 15) is 4.79 Å². The molecule has 1 aromatic heterocycles. The fraction of sp³-hybridized carbons (Fsp3) is 0.636. The molecular formula is C11H18N2O2. The third-order valence-electron chi connectivity index (χ3n) is 2.45. The molecule has 4 heteroatoms. The van der Waals surface area contributed by atoms with Crippen molar-refractivity contribution in [2.45, 2.75) is 33.6 Å². The lowest BCUT2D eigenvalue weighted by Gasteiger charge is -2.03. The van der Waals surface area contributed by atoms with E-state index in [1.54, 1.807) is 4.68 Å². The average molecular weight is 210 g/mol. The maximum absolute atomic E-state index is 11.4. The molecule has 0 saturated carbocycles. The van der Waals surface area contributed by atoms with E-state index in [0.717, 1.165) is 23.4 Å². The van der Waals surface area contributed by atoms with Crippen molar-refractivity contribution in [3.8, 4) is 0 Å². The first kappa shape index (κ1) is 11.8. The SMILES string of the molecule is CCCOC(=O)Cc1c(C)nn(C)c1C. The van der Waals surface area contributed by atoms with Crippen molar-refractivity contribution in [2.24, 2.45) is 7.05 Å². The maximum Gasteiger partial charge on any atom is 0.310 e. The Labute approximate surface area is 90.2 Å². The Morgan fingerprint density at radius 3 is 2.60 bits per heavy atom. The van der Waals surface area contributed by atoms with E-state index in [4.69, 9.17) is 4.74 Å². The Kier molecular flexibility index (Phi) is 3.88. The van der Waals surface area contributed by atoms with E-state index in [1.807, 2.05) is 27.8 Å². The zero-order chi connectivity index (χ0) is 11.4. The van der Waals surface area contributed by atoms with Crippen LogP contribution in [0.5, 0.6) is 0 Å². The molecule has 0 bridgehead atoms. The second-order valence-corrected chi connectivity index (χ2v) is 3.67. The molecule has 0 saturated heterocycles. The predicted octanol–water partition coefficient (Wildman–Crippen LogP) is 1.53. The minimum Gasteiger partial charge on any atom is -0.465 e. The van der Waals surface area contributed by atoms with E-state index in [1.165, 1.54) is 0 Å². The molecule has 1 aromatic rings. The maximum atomic E-state index is 11.4. The molecule has 84 valence electrons. The minimum absolute atomic E-state index is 0.170. The molecule has 4 nitrogen and oxygen atoms in total. The fourth-order valence-corrected chi connectivity index (χ4v) is 1.48. The molecule has 1 heterocycles. The van der Waals surface area contributed by atoms with Crippen LogP contribution in [0.2, 0.25) is 0 Å². The highest BCUT2D eigenvalue weighted by atomic mass is 16.5. The van der Waals surface area contributed by atoms with Crippen LogP contribution < -0.4 is 0 Å². The van der Waals surface area contributed by atoms with Crippen LogP contribution in [0.3, 0.4) is 0 Å². The van der Waals surface area contributed by atoms with Crippen LogP contribution in [0, 0.1) is 13.8 Å². The fourth-order valence-electron chi connectivity index (χ4n) is 1.48. The molecule has 15 heavy (non-hydrogen) atoms. The van der Waals surface area contributed by atoms with Gasteiger partial charge in [-0.2, -0.15) is 5.10 Å². The van der Waals surface area contributed by atoms with E-state index >= 15 is 0 Å². The molecule has 0 fully saturated rings. The quantitative estimate of drug-likeness (QED) is 0.708. The average Bonchev–Trinajstić information content (AvgIpc) is 2.42. The van der Waals surface area contributed by atoms with Gasteiger partial charge in [0.05, 0.1) is 18.7 Å². The Hall–Kier alpha value is -1.32. The summed E-state index contributed by atoms with van der Waals surface area (Å²) in [7, 11) is 1.88. The molecular weight excluding hydrogens is 192 g/mol. The molecule has 0 aliphatic rings. The summed E-state index contributed by atoms with van der Waals surface area (Å²) in [5.74, 6) is -0.170. The van der Waals surface area contributed by atoms with Crippen molar-refractivity contribution in [1.29, 1.82) is 0 Å². The van der Waals surface area contributed by atoms with Gasteiger partial charge < -0.3 is 4.74 Å². The summed E-state index contributed by atoms with van der Waals surface area (Å²) in [6.45, 7) is 6.35. The Balaban J connectivity index is 2.68. The summed E-state index contributed by atoms with van der Waals surface area (Å²) in [6, 6.07) is 0. The van der Waals surface area contributed by atoms with Crippen molar-refractivity contribution >= 4 is 5.97 Å². The number of hydrogen-bond donors (Lipinski definition) is 0. The van der Waals surface area contributed by atoms with Crippen LogP contribution in [0.25, 0.3) is 0 Å². The minimum atomic E-state index is -0.170. The number of esters is 1. The number of nitrogens with zero attached hydrogens (tertiary/aromatic N) is 2. The van der Waals surface area contributed by atoms with Crippen molar-refractivity contribution in [2.75, 3.05) is 6.61 Å². The van der Waals surface area contributed by atoms with Gasteiger partial charge in [-0.05, 0) is 20.3 Å². The van der Waals surface area contributed by atoms with Gasteiger partial charge in [-0.3, -0.25) is 9.48 Å². The highest BCUT2D eigenvalue weighted by Gasteiger charge is 2.13. The monoisotopic (exact) mass is 210 g/mol. The van der Waals surface area contributed by atoms with Gasteiger partial charge in [0.25, 0.3) is 0 Å². The lowest BCUT2D eigenvalue weighted by atomic mass is 10.1. The molecule has 0 atom stereocenters. The number of rotatable bonds is 4. The first-order chi connectivity index (χ1) is 7.06. The number of aromatic nitrogens is 2. The number of carbonyl (C=O) groups excluding carboxylic acids is 1. The standard InChI is InChI=1S/C11H18N2O2/c1-5-6-15-11(14)7-10-8(2)12-13(4)9(10)3/h5-7H2,1-4H3. The van der Waals surface area contributed by atoms with Crippen molar-refractivity contribution in [1.82, 2.24) is 9.78 Å². The molecule has 0 aromatic carbocycles. The second-order valence-electron chi connectivity index (χ2n) is 3.67. The Morgan fingerprint density at radius 2 is 2.13 bits per heavy atom. The Morgan fingerprint density at radius 1 is 1.47 bits per heavy atom. The summed E-state index contributed by atoms with van der Waals surface area (Å²) in [5.41, 5.74) is 2.92. The Bertz CT molecular complexity index is 356. The molecule has 1 rings (SSSR count). The molecule has 0 radical (unpaired) electrons. The van der Waals surface area contributed by atoms with Crippen LogP contribution in [0.15, 0.2) is 0 Å². The van der Waals surface area contributed by atoms with Gasteiger partial charge in [0, 0.05) is 18.3 Å². The van der Waals surface area contributed by atoms with Gasteiger partial charge in [0.15, 0.2) is 0 Å². The summed E-state index contributed by atoms with van der Waals surface area (Å²) in [4.78, 5) is 11.4. The molecule has 0 aliphatic carbocycles. The smallest absolute Gasteiger partial charge is 0.310 e. The van der Waals surface area contributed by atoms with Crippen molar-refractivity contribution in [3.63, 3.8) is 0 Å². The highest BCUT2D eigenvalue weighted by molar-refractivity contribution is 5.73. The van der Waals surface area contributed by atoms with E-state index in [2.05, 4.69) is 5.10 Å². The molecule has 0 unspecified atom stereocenters. The zero-order valence-electron chi connectivity index (χ0n) is 9.83. The summed E-state index contributed by atoms with van der Waals surface area (Å²) >= 11 is 0. The number of aryl methyl sites for hydroxylation is 2. The van der Waals surface area contributed by atoms with E-state index < -0.39 is 0 Å². The van der Waals surface area contributed by atoms with Gasteiger partial charge >= 0.3 is 5.97 Å². The van der Waals surface area contributed by atoms with Crippen LogP contribution >= 0.6 is 0 Å². The van der Waals surface area contributed by atoms with Gasteiger partial charge in [0.2, 0.25) is 0 Å². The van der Waals surface area contributed by atoms with Gasteiger partial charge in [0.1, 0.15) is 0 Å². The topological polar surface area (TPSA) is 44.1 Å². The molecule has 0 spiro atoms. The normalized spacial score (nSPS) is 10.4. The number of ether oxygens (including phenoxy) is 1. The highest BCUT2D eigenvalue weighted by Crippen LogP contribution is 2.12. The summed E-state index contributed by atoms with van der Waals surface area (Å²) in [6.07, 6.45) is 1.18. The molecule has 0 N–H and O–H groups in total. The third-order valence-corrected chi connectivity index (χ3v) is 2.45. The van der Waals surface area contributed by atoms with Crippen LogP contribution in [0.1, 0.15) is 30.3 Å². The van der Waals surface area contributed by atoms with Gasteiger partial charge in [-0.1, -0.05) is 6.92 Å². The lowest BCUT2D eigenvalue weighted by molar-refractivity contribution is -0.142. The van der Waals surface area contributed by atoms with E-state index in [0.29, 0.717) is 13.0 Å². The van der Waals surface area contributed by atoms with Gasteiger partial charge in [-0.25, -0.2) is 0 Å². The van der Waals surface area contributed by atoms with Crippen molar-refractivity contribution < 1.29 is 9.53 Å². The zero-order valence-corrected chi connectivity index (χ0v) is 9.83.